The van der Waals surface area contributed by atoms with Crippen molar-refractivity contribution < 1.29 is 14.0 Å². The Morgan fingerprint density at radius 1 is 0.962 bits per heavy atom. The molecule has 4 heteroatoms. The summed E-state index contributed by atoms with van der Waals surface area (Å²) in [7, 11) is -1.64. The Morgan fingerprint density at radius 2 is 1.73 bits per heavy atom. The highest BCUT2D eigenvalue weighted by molar-refractivity contribution is 6.69. The molecular formula is C22H34O3Si. The Balaban J connectivity index is 1.52. The van der Waals surface area contributed by atoms with Crippen LogP contribution in [0, 0.1) is 34.0 Å². The first kappa shape index (κ1) is 17.6. The van der Waals surface area contributed by atoms with Crippen LogP contribution in [0.5, 0.6) is 0 Å². The van der Waals surface area contributed by atoms with Gasteiger partial charge in [0.1, 0.15) is 11.6 Å². The second-order valence-electron chi connectivity index (χ2n) is 11.4. The van der Waals surface area contributed by atoms with Crippen molar-refractivity contribution in [3.8, 4) is 0 Å². The van der Waals surface area contributed by atoms with E-state index in [2.05, 4.69) is 26.6 Å². The Hall–Kier alpha value is -0.483. The van der Waals surface area contributed by atoms with Gasteiger partial charge in [-0.1, -0.05) is 6.92 Å². The second-order valence-corrected chi connectivity index (χ2v) is 15.8. The summed E-state index contributed by atoms with van der Waals surface area (Å²) in [6.07, 6.45) is 9.46. The fraction of sp³-hybridized carbons (Fsp3) is 0.909. The molecule has 7 atom stereocenters. The van der Waals surface area contributed by atoms with E-state index in [1.165, 1.54) is 12.8 Å². The number of carbonyl (C=O) groups excluding carboxylic acids is 2. The van der Waals surface area contributed by atoms with Crippen LogP contribution < -0.4 is 0 Å². The van der Waals surface area contributed by atoms with E-state index in [1.54, 1.807) is 0 Å². The van der Waals surface area contributed by atoms with Crippen molar-refractivity contribution in [2.24, 2.45) is 34.0 Å². The third-order valence-electron chi connectivity index (χ3n) is 9.35. The Morgan fingerprint density at radius 3 is 2.46 bits per heavy atom. The lowest BCUT2D eigenvalue weighted by molar-refractivity contribution is -0.134. The SMILES string of the molecule is C[C@]12CC[C@H]3[C@@H](CC[C@]45CC(=O)CC[C@]34[C@@H]5O[Si](C)(C)C)[C@@H]1CCC2=O. The van der Waals surface area contributed by atoms with Gasteiger partial charge < -0.3 is 4.43 Å². The van der Waals surface area contributed by atoms with Gasteiger partial charge >= 0.3 is 0 Å². The predicted molar refractivity (Wildman–Crippen MR) is 103 cm³/mol. The summed E-state index contributed by atoms with van der Waals surface area (Å²) < 4.78 is 6.80. The van der Waals surface area contributed by atoms with Crippen LogP contribution in [0.2, 0.25) is 19.6 Å². The zero-order chi connectivity index (χ0) is 18.5. The molecule has 0 N–H and O–H groups in total. The first-order chi connectivity index (χ1) is 12.1. The first-order valence-electron chi connectivity index (χ1n) is 10.9. The van der Waals surface area contributed by atoms with Crippen molar-refractivity contribution in [2.75, 3.05) is 0 Å². The average Bonchev–Trinajstić information content (AvgIpc) is 2.98. The fourth-order valence-corrected chi connectivity index (χ4v) is 9.51. The third kappa shape index (κ3) is 1.98. The topological polar surface area (TPSA) is 43.4 Å². The van der Waals surface area contributed by atoms with Crippen LogP contribution in [-0.4, -0.2) is 26.0 Å². The monoisotopic (exact) mass is 374 g/mol. The summed E-state index contributed by atoms with van der Waals surface area (Å²) in [5, 5.41) is 0. The largest absolute Gasteiger partial charge is 0.414 e. The van der Waals surface area contributed by atoms with Gasteiger partial charge in [-0.15, -0.1) is 0 Å². The average molecular weight is 375 g/mol. The molecule has 3 nitrogen and oxygen atoms in total. The number of carbonyl (C=O) groups is 2. The highest BCUT2D eigenvalue weighted by Gasteiger charge is 2.83. The van der Waals surface area contributed by atoms with Crippen molar-refractivity contribution in [3.05, 3.63) is 0 Å². The van der Waals surface area contributed by atoms with Crippen molar-refractivity contribution in [3.63, 3.8) is 0 Å². The van der Waals surface area contributed by atoms with E-state index in [4.69, 9.17) is 4.43 Å². The van der Waals surface area contributed by atoms with E-state index in [9.17, 15) is 9.59 Å². The molecule has 0 saturated heterocycles. The van der Waals surface area contributed by atoms with Gasteiger partial charge in [0.2, 0.25) is 0 Å². The number of rotatable bonds is 2. The maximum atomic E-state index is 12.6. The van der Waals surface area contributed by atoms with Crippen LogP contribution in [0.1, 0.15) is 64.7 Å². The molecule has 0 amide bonds. The summed E-state index contributed by atoms with van der Waals surface area (Å²) in [6.45, 7) is 9.15. The van der Waals surface area contributed by atoms with Gasteiger partial charge in [0.15, 0.2) is 8.32 Å². The number of hydrogen-bond acceptors (Lipinski definition) is 3. The van der Waals surface area contributed by atoms with E-state index in [-0.39, 0.29) is 16.2 Å². The normalized spacial score (nSPS) is 52.8. The Bertz CT molecular complexity index is 681. The summed E-state index contributed by atoms with van der Waals surface area (Å²) >= 11 is 0. The number of hydrogen-bond donors (Lipinski definition) is 0. The highest BCUT2D eigenvalue weighted by atomic mass is 28.4. The van der Waals surface area contributed by atoms with Crippen molar-refractivity contribution in [2.45, 2.75) is 90.5 Å². The molecule has 5 aliphatic rings. The van der Waals surface area contributed by atoms with Gasteiger partial charge in [0.05, 0.1) is 6.10 Å². The van der Waals surface area contributed by atoms with E-state index < -0.39 is 8.32 Å². The first-order valence-corrected chi connectivity index (χ1v) is 14.3. The summed E-state index contributed by atoms with van der Waals surface area (Å²) in [6, 6.07) is 0. The van der Waals surface area contributed by atoms with E-state index >= 15 is 0 Å². The molecule has 0 heterocycles. The number of fused-ring (bicyclic) bond motifs is 3. The Kier molecular flexibility index (Phi) is 3.46. The molecule has 144 valence electrons. The molecule has 5 fully saturated rings. The van der Waals surface area contributed by atoms with Crippen molar-refractivity contribution in [1.29, 1.82) is 0 Å². The summed E-state index contributed by atoms with van der Waals surface area (Å²) in [4.78, 5) is 25.0. The van der Waals surface area contributed by atoms with Gasteiger partial charge in [-0.3, -0.25) is 9.59 Å². The molecule has 0 radical (unpaired) electrons. The number of Topliss-reactive ketones (excluding diaryl/α,β-unsaturated/α-hetero) is 2. The molecule has 0 spiro atoms. The minimum atomic E-state index is -1.64. The zero-order valence-corrected chi connectivity index (χ0v) is 17.9. The minimum Gasteiger partial charge on any atom is -0.414 e. The van der Waals surface area contributed by atoms with Gasteiger partial charge in [-0.25, -0.2) is 0 Å². The quantitative estimate of drug-likeness (QED) is 0.655. The van der Waals surface area contributed by atoms with Crippen LogP contribution in [0.15, 0.2) is 0 Å². The van der Waals surface area contributed by atoms with E-state index in [1.807, 2.05) is 0 Å². The van der Waals surface area contributed by atoms with Crippen LogP contribution in [0.25, 0.3) is 0 Å². The second kappa shape index (κ2) is 5.11. The van der Waals surface area contributed by atoms with Crippen LogP contribution >= 0.6 is 0 Å². The molecule has 5 rings (SSSR count). The molecule has 0 aromatic heterocycles. The Labute approximate surface area is 158 Å². The standard InChI is InChI=1S/C22H34O3Si/c1-20-10-9-17-15(16(20)5-6-18(20)24)8-11-21-13-14(23)7-12-22(17,21)19(21)25-26(2,3)4/h15-17,19H,5-13H2,1-4H3/t15-,16-,17-,19+,20-,21+,22+/m0/s1. The molecular weight excluding hydrogens is 340 g/mol. The lowest BCUT2D eigenvalue weighted by Crippen LogP contribution is -2.49. The highest BCUT2D eigenvalue weighted by Crippen LogP contribution is 2.83. The molecule has 0 aliphatic heterocycles. The number of ketones is 2. The molecule has 0 bridgehead atoms. The van der Waals surface area contributed by atoms with Gasteiger partial charge in [-0.05, 0) is 75.9 Å². The molecule has 5 aliphatic carbocycles. The van der Waals surface area contributed by atoms with Gasteiger partial charge in [0.25, 0.3) is 0 Å². The van der Waals surface area contributed by atoms with Crippen LogP contribution in [-0.2, 0) is 14.0 Å². The third-order valence-corrected chi connectivity index (χ3v) is 10.3. The van der Waals surface area contributed by atoms with Crippen LogP contribution in [0.4, 0.5) is 0 Å². The molecule has 5 saturated carbocycles. The van der Waals surface area contributed by atoms with Crippen molar-refractivity contribution in [1.82, 2.24) is 0 Å². The molecule has 0 aromatic rings. The molecule has 0 aromatic carbocycles. The zero-order valence-electron chi connectivity index (χ0n) is 16.9. The van der Waals surface area contributed by atoms with Crippen molar-refractivity contribution >= 4 is 19.9 Å². The molecule has 26 heavy (non-hydrogen) atoms. The fourth-order valence-electron chi connectivity index (χ4n) is 8.37. The summed E-state index contributed by atoms with van der Waals surface area (Å²) in [5.74, 6) is 2.97. The predicted octanol–water partition coefficient (Wildman–Crippen LogP) is 4.75. The lowest BCUT2D eigenvalue weighted by atomic mass is 9.50. The lowest BCUT2D eigenvalue weighted by Gasteiger charge is -2.53. The maximum Gasteiger partial charge on any atom is 0.184 e. The smallest absolute Gasteiger partial charge is 0.184 e. The van der Waals surface area contributed by atoms with Gasteiger partial charge in [-0.2, -0.15) is 0 Å². The summed E-state index contributed by atoms with van der Waals surface area (Å²) in [5.41, 5.74) is 0.365. The van der Waals surface area contributed by atoms with Crippen LogP contribution in [0.3, 0.4) is 0 Å². The van der Waals surface area contributed by atoms with Gasteiger partial charge in [0, 0.05) is 35.5 Å². The van der Waals surface area contributed by atoms with E-state index in [0.29, 0.717) is 35.4 Å². The molecule has 0 unspecified atom stereocenters. The van der Waals surface area contributed by atoms with E-state index in [0.717, 1.165) is 44.9 Å². The minimum absolute atomic E-state index is 0.0493. The maximum absolute atomic E-state index is 12.6.